The topological polar surface area (TPSA) is 114 Å². The zero-order valence-electron chi connectivity index (χ0n) is 8.85. The second kappa shape index (κ2) is 4.67. The number of sulfonamides is 1. The van der Waals surface area contributed by atoms with Crippen LogP contribution in [0.25, 0.3) is 0 Å². The summed E-state index contributed by atoms with van der Waals surface area (Å²) >= 11 is 11.4. The summed E-state index contributed by atoms with van der Waals surface area (Å²) in [7, 11) is -3.95. The minimum absolute atomic E-state index is 0.107. The van der Waals surface area contributed by atoms with Gasteiger partial charge in [-0.05, 0) is 23.8 Å². The number of hydrogen-bond donors (Lipinski definition) is 2. The van der Waals surface area contributed by atoms with Crippen LogP contribution in [0.15, 0.2) is 11.0 Å². The highest BCUT2D eigenvalue weighted by Gasteiger charge is 2.23. The smallest absolute Gasteiger partial charge is 0.244 e. The molecular formula is C7H6Cl2N6O2S. The first-order chi connectivity index (χ1) is 8.40. The summed E-state index contributed by atoms with van der Waals surface area (Å²) in [6.07, 6.45) is 0. The molecule has 0 aliphatic rings. The normalized spacial score (nSPS) is 11.5. The number of aryl methyl sites for hydroxylation is 1. The van der Waals surface area contributed by atoms with Crippen molar-refractivity contribution < 1.29 is 8.42 Å². The van der Waals surface area contributed by atoms with Crippen LogP contribution in [0.5, 0.6) is 0 Å². The van der Waals surface area contributed by atoms with E-state index in [1.807, 2.05) is 0 Å². The molecule has 0 aromatic carbocycles. The molecule has 18 heavy (non-hydrogen) atoms. The van der Waals surface area contributed by atoms with Crippen LogP contribution in [0.4, 0.5) is 5.95 Å². The van der Waals surface area contributed by atoms with E-state index in [-0.39, 0.29) is 21.2 Å². The second-order valence-corrected chi connectivity index (χ2v) is 5.59. The van der Waals surface area contributed by atoms with Crippen LogP contribution in [-0.4, -0.2) is 34.0 Å². The third-order valence-corrected chi connectivity index (χ3v) is 4.01. The number of tetrazole rings is 1. The Hall–Kier alpha value is -1.45. The maximum atomic E-state index is 12.1. The molecule has 0 saturated heterocycles. The van der Waals surface area contributed by atoms with Gasteiger partial charge in [0.25, 0.3) is 16.0 Å². The molecule has 0 radical (unpaired) electrons. The maximum Gasteiger partial charge on any atom is 0.276 e. The van der Waals surface area contributed by atoms with Crippen molar-refractivity contribution in [2.45, 2.75) is 11.8 Å². The van der Waals surface area contributed by atoms with Crippen molar-refractivity contribution in [3.05, 3.63) is 21.9 Å². The highest BCUT2D eigenvalue weighted by Crippen LogP contribution is 2.26. The van der Waals surface area contributed by atoms with E-state index in [0.29, 0.717) is 5.56 Å². The number of nitrogens with one attached hydrogen (secondary N) is 2. The van der Waals surface area contributed by atoms with Gasteiger partial charge >= 0.3 is 0 Å². The lowest BCUT2D eigenvalue weighted by Crippen LogP contribution is -2.16. The molecule has 0 amide bonds. The molecule has 0 atom stereocenters. The summed E-state index contributed by atoms with van der Waals surface area (Å²) in [4.78, 5) is 3.50. The summed E-state index contributed by atoms with van der Waals surface area (Å²) in [5.41, 5.74) is 0.357. The van der Waals surface area contributed by atoms with Crippen LogP contribution in [0.1, 0.15) is 5.56 Å². The Morgan fingerprint density at radius 1 is 1.39 bits per heavy atom. The van der Waals surface area contributed by atoms with E-state index in [0.717, 1.165) is 0 Å². The van der Waals surface area contributed by atoms with Gasteiger partial charge in [-0.15, -0.1) is 5.10 Å². The van der Waals surface area contributed by atoms with Crippen molar-refractivity contribution >= 4 is 39.2 Å². The Morgan fingerprint density at radius 2 is 2.11 bits per heavy atom. The molecule has 0 fully saturated rings. The van der Waals surface area contributed by atoms with Gasteiger partial charge in [-0.3, -0.25) is 0 Å². The zero-order valence-corrected chi connectivity index (χ0v) is 11.2. The number of rotatable bonds is 3. The number of nitrogens with zero attached hydrogens (tertiary/aromatic N) is 4. The lowest BCUT2D eigenvalue weighted by atomic mass is 10.3. The number of anilines is 1. The molecule has 8 nitrogen and oxygen atoms in total. The number of aromatic nitrogens is 5. The first kappa shape index (κ1) is 13.0. The molecule has 2 N–H and O–H groups in total. The fraction of sp³-hybridized carbons (Fsp3) is 0.143. The number of H-pyrrole nitrogens is 1. The van der Waals surface area contributed by atoms with E-state index in [1.54, 1.807) is 6.92 Å². The van der Waals surface area contributed by atoms with E-state index in [9.17, 15) is 8.42 Å². The average molecular weight is 309 g/mol. The molecule has 11 heteroatoms. The monoisotopic (exact) mass is 308 g/mol. The molecule has 2 heterocycles. The van der Waals surface area contributed by atoms with Crippen molar-refractivity contribution in [1.29, 1.82) is 0 Å². The van der Waals surface area contributed by atoms with E-state index in [2.05, 4.69) is 30.3 Å². The summed E-state index contributed by atoms with van der Waals surface area (Å²) in [5, 5.41) is 12.2. The third kappa shape index (κ3) is 2.52. The standard InChI is InChI=1S/C7H6Cl2N6O2S/c1-3-2-4(8)10-6(9)5(3)18(16,17)13-7-11-14-15-12-7/h2H,1H3,(H2,11,12,13,14,15). The highest BCUT2D eigenvalue weighted by molar-refractivity contribution is 7.92. The van der Waals surface area contributed by atoms with Gasteiger partial charge in [-0.25, -0.2) is 18.1 Å². The molecule has 0 aliphatic carbocycles. The van der Waals surface area contributed by atoms with Crippen molar-refractivity contribution in [2.75, 3.05) is 4.72 Å². The summed E-state index contributed by atoms with van der Waals surface area (Å²) < 4.78 is 26.2. The molecule has 2 aromatic rings. The first-order valence-electron chi connectivity index (χ1n) is 4.49. The van der Waals surface area contributed by atoms with Gasteiger partial charge in [0.2, 0.25) is 0 Å². The van der Waals surface area contributed by atoms with Gasteiger partial charge in [0, 0.05) is 0 Å². The van der Waals surface area contributed by atoms with E-state index < -0.39 is 10.0 Å². The minimum Gasteiger partial charge on any atom is -0.244 e. The van der Waals surface area contributed by atoms with Crippen LogP contribution >= 0.6 is 23.2 Å². The van der Waals surface area contributed by atoms with Crippen molar-refractivity contribution in [2.24, 2.45) is 0 Å². The molecule has 2 aromatic heterocycles. The number of pyridine rings is 1. The summed E-state index contributed by atoms with van der Waals surface area (Å²) in [6, 6.07) is 1.39. The number of aromatic amines is 1. The molecule has 0 unspecified atom stereocenters. The van der Waals surface area contributed by atoms with Gasteiger partial charge < -0.3 is 0 Å². The minimum atomic E-state index is -3.95. The van der Waals surface area contributed by atoms with E-state index in [4.69, 9.17) is 23.2 Å². The van der Waals surface area contributed by atoms with Crippen LogP contribution in [0.2, 0.25) is 10.3 Å². The Labute approximate surface area is 112 Å². The van der Waals surface area contributed by atoms with Gasteiger partial charge in [-0.1, -0.05) is 28.3 Å². The lowest BCUT2D eigenvalue weighted by Gasteiger charge is -2.09. The third-order valence-electron chi connectivity index (χ3n) is 1.93. The van der Waals surface area contributed by atoms with E-state index >= 15 is 0 Å². The number of hydrogen-bond acceptors (Lipinski definition) is 6. The predicted octanol–water partition coefficient (Wildman–Crippen LogP) is 1.01. The molecule has 0 spiro atoms. The molecule has 96 valence electrons. The Kier molecular flexibility index (Phi) is 3.37. The SMILES string of the molecule is Cc1cc(Cl)nc(Cl)c1S(=O)(=O)Nc1nn[nH]n1. The Bertz CT molecular complexity index is 648. The van der Waals surface area contributed by atoms with Crippen molar-refractivity contribution in [3.8, 4) is 0 Å². The largest absolute Gasteiger partial charge is 0.276 e. The van der Waals surface area contributed by atoms with Crippen molar-refractivity contribution in [1.82, 2.24) is 25.6 Å². The maximum absolute atomic E-state index is 12.1. The Balaban J connectivity index is 2.48. The van der Waals surface area contributed by atoms with E-state index in [1.165, 1.54) is 6.07 Å². The van der Waals surface area contributed by atoms with Crippen molar-refractivity contribution in [3.63, 3.8) is 0 Å². The van der Waals surface area contributed by atoms with Crippen LogP contribution in [-0.2, 0) is 10.0 Å². The fourth-order valence-corrected chi connectivity index (χ4v) is 3.30. The predicted molar refractivity (Wildman–Crippen MR) is 64.0 cm³/mol. The van der Waals surface area contributed by atoms with Crippen LogP contribution in [0, 0.1) is 6.92 Å². The second-order valence-electron chi connectivity index (χ2n) is 3.22. The van der Waals surface area contributed by atoms with Gasteiger partial charge in [0.05, 0.1) is 0 Å². The molecule has 0 aliphatic heterocycles. The highest BCUT2D eigenvalue weighted by atomic mass is 35.5. The molecule has 0 saturated carbocycles. The molecular weight excluding hydrogens is 303 g/mol. The van der Waals surface area contributed by atoms with Crippen LogP contribution < -0.4 is 4.72 Å². The molecule has 2 rings (SSSR count). The summed E-state index contributed by atoms with van der Waals surface area (Å²) in [6.45, 7) is 1.55. The molecule has 0 bridgehead atoms. The van der Waals surface area contributed by atoms with Gasteiger partial charge in [0.15, 0.2) is 5.15 Å². The quantitative estimate of drug-likeness (QED) is 0.818. The average Bonchev–Trinajstić information content (AvgIpc) is 2.66. The zero-order chi connectivity index (χ0) is 13.3. The van der Waals surface area contributed by atoms with Crippen LogP contribution in [0.3, 0.4) is 0 Å². The Morgan fingerprint density at radius 3 is 2.67 bits per heavy atom. The van der Waals surface area contributed by atoms with Gasteiger partial charge in [-0.2, -0.15) is 5.21 Å². The lowest BCUT2D eigenvalue weighted by molar-refractivity contribution is 0.600. The number of halogens is 2. The summed E-state index contributed by atoms with van der Waals surface area (Å²) in [5.74, 6) is -0.194. The van der Waals surface area contributed by atoms with Gasteiger partial charge in [0.1, 0.15) is 10.0 Å². The first-order valence-corrected chi connectivity index (χ1v) is 6.73. The fourth-order valence-electron chi connectivity index (χ4n) is 1.28.